The number of nitrogens with zero attached hydrogens (tertiary/aromatic N) is 2. The van der Waals surface area contributed by atoms with E-state index in [-0.39, 0.29) is 12.3 Å². The highest BCUT2D eigenvalue weighted by molar-refractivity contribution is 8.25. The third-order valence-corrected chi connectivity index (χ3v) is 31.5. The van der Waals surface area contributed by atoms with Gasteiger partial charge in [0.1, 0.15) is 23.0 Å². The Kier molecular flexibility index (Phi) is 11.0. The second kappa shape index (κ2) is 16.7. The first-order valence-corrected chi connectivity index (χ1v) is 32.2. The van der Waals surface area contributed by atoms with E-state index in [1.165, 1.54) is 0 Å². The maximum absolute atomic E-state index is 11.3. The van der Waals surface area contributed by atoms with Gasteiger partial charge < -0.3 is 18.7 Å². The number of rotatable bonds is 9. The summed E-state index contributed by atoms with van der Waals surface area (Å²) in [6.45, 7) is 2.71. The Hall–Kier alpha value is -4.52. The van der Waals surface area contributed by atoms with Crippen LogP contribution in [0.4, 0.5) is 0 Å². The Labute approximate surface area is 400 Å². The zero-order valence-electron chi connectivity index (χ0n) is 34.9. The molecule has 0 amide bonds. The maximum Gasteiger partial charge on any atom is 0.217 e. The number of para-hydroxylation sites is 4. The van der Waals surface area contributed by atoms with Crippen molar-refractivity contribution in [2.24, 2.45) is 0 Å². The molecule has 8 aromatic rings. The van der Waals surface area contributed by atoms with Gasteiger partial charge in [-0.2, -0.15) is 4.44 Å². The molecule has 3 aliphatic heterocycles. The van der Waals surface area contributed by atoms with Crippen molar-refractivity contribution in [3.63, 3.8) is 0 Å². The first-order valence-electron chi connectivity index (χ1n) is 21.0. The first kappa shape index (κ1) is 43.1. The molecule has 322 valence electrons. The van der Waals surface area contributed by atoms with Crippen molar-refractivity contribution in [3.8, 4) is 67.5 Å². The van der Waals surface area contributed by atoms with Crippen LogP contribution in [-0.4, -0.2) is 33.7 Å². The van der Waals surface area contributed by atoms with Crippen LogP contribution in [0.2, 0.25) is 0 Å². The van der Waals surface area contributed by atoms with E-state index in [2.05, 4.69) is 76.2 Å². The van der Waals surface area contributed by atoms with Crippen molar-refractivity contribution in [3.05, 3.63) is 194 Å². The van der Waals surface area contributed by atoms with Gasteiger partial charge in [-0.25, -0.2) is 4.44 Å². The molecular weight excluding hydrogens is 957 g/mol. The van der Waals surface area contributed by atoms with Crippen molar-refractivity contribution in [1.82, 2.24) is 8.88 Å². The van der Waals surface area contributed by atoms with Gasteiger partial charge >= 0.3 is 0 Å². The molecule has 65 heavy (non-hydrogen) atoms. The molecule has 0 saturated carbocycles. The monoisotopic (exact) mass is 996 g/mol. The van der Waals surface area contributed by atoms with Gasteiger partial charge in [-0.15, -0.1) is 0 Å². The van der Waals surface area contributed by atoms with Crippen LogP contribution in [0, 0.1) is 0 Å². The standard InChI is InChI=1S/C51H40N2O4P4S4/c1-58(62,48-30-14-6-22-40(48)36-18-2-10-26-44(36)54)52(59(63)49-31-15-7-23-41(49)37-19-3-11-27-45(37)55-59)34-35-53(60(64)50-32-16-8-24-42(50)38-20-4-12-28-46(38)56-60)61(65)51-33-17-9-25-43(51)39-21-5-13-29-47(39)57-61/h2-33,54H,34-35H2,1H3. The van der Waals surface area contributed by atoms with Crippen LogP contribution >= 0.6 is 25.4 Å². The van der Waals surface area contributed by atoms with E-state index in [9.17, 15) is 5.11 Å². The molecule has 4 atom stereocenters. The number of fused-ring (bicyclic) bond motifs is 9. The maximum atomic E-state index is 11.3. The molecule has 8 aromatic carbocycles. The number of benzene rings is 8. The molecule has 6 nitrogen and oxygen atoms in total. The Balaban J connectivity index is 1.14. The second-order valence-corrected chi connectivity index (χ2v) is 32.5. The molecule has 0 aliphatic carbocycles. The zero-order valence-corrected chi connectivity index (χ0v) is 41.7. The fraction of sp³-hybridized carbons (Fsp3) is 0.0588. The lowest BCUT2D eigenvalue weighted by Gasteiger charge is -2.48. The summed E-state index contributed by atoms with van der Waals surface area (Å²) in [5.74, 6) is 2.28. The molecule has 0 fully saturated rings. The van der Waals surface area contributed by atoms with Crippen molar-refractivity contribution >= 4 is 93.9 Å². The topological polar surface area (TPSA) is 54.4 Å². The predicted molar refractivity (Wildman–Crippen MR) is 286 cm³/mol. The Morgan fingerprint density at radius 2 is 0.754 bits per heavy atom. The highest BCUT2D eigenvalue weighted by Gasteiger charge is 2.50. The van der Waals surface area contributed by atoms with Crippen LogP contribution in [0.15, 0.2) is 194 Å². The highest BCUT2D eigenvalue weighted by Crippen LogP contribution is 2.72. The molecule has 1 N–H and O–H groups in total. The summed E-state index contributed by atoms with van der Waals surface area (Å²) in [5.41, 5.74) is 7.50. The van der Waals surface area contributed by atoms with Crippen molar-refractivity contribution in [2.75, 3.05) is 19.8 Å². The van der Waals surface area contributed by atoms with Crippen molar-refractivity contribution < 1.29 is 18.7 Å². The number of phenols is 1. The molecule has 3 aliphatic rings. The number of hydrogen-bond acceptors (Lipinski definition) is 8. The molecular formula is C51H40N2O4P4S4. The Morgan fingerprint density at radius 3 is 1.22 bits per heavy atom. The number of hydrogen-bond donors (Lipinski definition) is 1. The minimum Gasteiger partial charge on any atom is -0.507 e. The summed E-state index contributed by atoms with van der Waals surface area (Å²) in [7, 11) is 0. The minimum absolute atomic E-state index is 0.168. The first-order chi connectivity index (χ1) is 31.5. The summed E-state index contributed by atoms with van der Waals surface area (Å²) in [5, 5.41) is 15.0. The smallest absolute Gasteiger partial charge is 0.217 e. The number of aromatic hydroxyl groups is 1. The normalized spacial score (nSPS) is 20.8. The molecule has 11 rings (SSSR count). The van der Waals surface area contributed by atoms with E-state index in [4.69, 9.17) is 60.8 Å². The lowest BCUT2D eigenvalue weighted by Crippen LogP contribution is -2.41. The lowest BCUT2D eigenvalue weighted by atomic mass is 10.0. The highest BCUT2D eigenvalue weighted by atomic mass is 32.5. The molecule has 14 heteroatoms. The van der Waals surface area contributed by atoms with E-state index in [1.807, 2.05) is 127 Å². The summed E-state index contributed by atoms with van der Waals surface area (Å²) in [4.78, 5) is 0. The van der Waals surface area contributed by atoms with Gasteiger partial charge in [-0.3, -0.25) is 0 Å². The zero-order chi connectivity index (χ0) is 44.6. The largest absolute Gasteiger partial charge is 0.507 e. The number of phenolic OH excluding ortho intramolecular Hbond substituents is 1. The van der Waals surface area contributed by atoms with E-state index < -0.39 is 25.4 Å². The van der Waals surface area contributed by atoms with Gasteiger partial charge in [0.2, 0.25) is 19.2 Å². The van der Waals surface area contributed by atoms with Gasteiger partial charge in [0, 0.05) is 62.8 Å². The predicted octanol–water partition coefficient (Wildman–Crippen LogP) is 12.4. The second-order valence-electron chi connectivity index (χ2n) is 16.0. The van der Waals surface area contributed by atoms with Crippen LogP contribution in [-0.2, 0) is 47.2 Å². The molecule has 0 aromatic heterocycles. The van der Waals surface area contributed by atoms with Gasteiger partial charge in [0.25, 0.3) is 0 Å². The van der Waals surface area contributed by atoms with Gasteiger partial charge in [0.05, 0.1) is 0 Å². The average molecular weight is 997 g/mol. The molecule has 0 radical (unpaired) electrons. The van der Waals surface area contributed by atoms with Gasteiger partial charge in [0.15, 0.2) is 0 Å². The van der Waals surface area contributed by atoms with Crippen molar-refractivity contribution in [1.29, 1.82) is 0 Å². The van der Waals surface area contributed by atoms with Gasteiger partial charge in [-0.05, 0) is 107 Å². The summed E-state index contributed by atoms with van der Waals surface area (Å²) in [6.07, 6.45) is -12.9. The SMILES string of the molecule is CP(=S)(c1ccccc1-c1ccccc1O)N(CCN(P1(=S)Oc2ccccc2-c2ccccc21)P1(=S)Oc2ccccc2-c2ccccc21)P1(=S)Oc2ccccc2-c2ccccc21. The summed E-state index contributed by atoms with van der Waals surface area (Å²) >= 11 is 28.4. The summed E-state index contributed by atoms with van der Waals surface area (Å²) in [6, 6.07) is 64.6. The minimum atomic E-state index is -3.33. The summed E-state index contributed by atoms with van der Waals surface area (Å²) < 4.78 is 26.5. The molecule has 4 unspecified atom stereocenters. The average Bonchev–Trinajstić information content (AvgIpc) is 3.33. The van der Waals surface area contributed by atoms with Gasteiger partial charge in [-0.1, -0.05) is 163 Å². The van der Waals surface area contributed by atoms with E-state index in [0.717, 1.165) is 60.2 Å². The Morgan fingerprint density at radius 1 is 0.415 bits per heavy atom. The fourth-order valence-corrected chi connectivity index (χ4v) is 30.0. The molecule has 0 spiro atoms. The van der Waals surface area contributed by atoms with E-state index >= 15 is 0 Å². The fourth-order valence-electron chi connectivity index (χ4n) is 9.24. The van der Waals surface area contributed by atoms with E-state index in [1.54, 1.807) is 6.07 Å². The van der Waals surface area contributed by atoms with Crippen molar-refractivity contribution in [2.45, 2.75) is 0 Å². The molecule has 0 bridgehead atoms. The molecule has 3 heterocycles. The Bertz CT molecular complexity index is 3330. The van der Waals surface area contributed by atoms with Crippen LogP contribution in [0.25, 0.3) is 44.5 Å². The van der Waals surface area contributed by atoms with Crippen LogP contribution < -0.4 is 34.8 Å². The van der Waals surface area contributed by atoms with Crippen LogP contribution in [0.5, 0.6) is 23.0 Å². The van der Waals surface area contributed by atoms with E-state index in [0.29, 0.717) is 29.4 Å². The lowest BCUT2D eigenvalue weighted by molar-refractivity contribution is 0.477. The third kappa shape index (κ3) is 7.01. The molecule has 0 saturated heterocycles. The third-order valence-electron chi connectivity index (χ3n) is 12.2. The quantitative estimate of drug-likeness (QED) is 0.142. The van der Waals surface area contributed by atoms with Crippen LogP contribution in [0.1, 0.15) is 0 Å². The van der Waals surface area contributed by atoms with Crippen LogP contribution in [0.3, 0.4) is 0 Å².